The summed E-state index contributed by atoms with van der Waals surface area (Å²) in [4.78, 5) is 27.8. The van der Waals surface area contributed by atoms with Gasteiger partial charge in [-0.05, 0) is 85.0 Å². The van der Waals surface area contributed by atoms with Crippen LogP contribution in [0.4, 0.5) is 13.2 Å². The fourth-order valence-corrected chi connectivity index (χ4v) is 6.63. The third-order valence-electron chi connectivity index (χ3n) is 7.86. The molecule has 2 aliphatic heterocycles. The molecule has 1 amide bonds. The van der Waals surface area contributed by atoms with Crippen LogP contribution in [0.2, 0.25) is 5.02 Å². The second-order valence-electron chi connectivity index (χ2n) is 11.3. The first-order valence-electron chi connectivity index (χ1n) is 14.2. The number of aryl methyl sites for hydroxylation is 1. The Morgan fingerprint density at radius 2 is 1.85 bits per heavy atom. The molecule has 2 N–H and O–H groups in total. The van der Waals surface area contributed by atoms with Crippen molar-refractivity contribution in [3.8, 4) is 16.9 Å². The Hall–Kier alpha value is -4.07. The average Bonchev–Trinajstić information content (AvgIpc) is 3.20. The summed E-state index contributed by atoms with van der Waals surface area (Å²) in [5, 5.41) is 14.4. The van der Waals surface area contributed by atoms with E-state index < -0.39 is 27.8 Å². The molecule has 2 heterocycles. The molecule has 1 saturated heterocycles. The van der Waals surface area contributed by atoms with Gasteiger partial charge in [0.15, 0.2) is 21.2 Å². The number of hydrogen-bond acceptors (Lipinski definition) is 8. The molecule has 0 saturated carbocycles. The molecule has 0 radical (unpaired) electrons. The van der Waals surface area contributed by atoms with E-state index in [0.29, 0.717) is 47.2 Å². The number of halogens is 4. The van der Waals surface area contributed by atoms with Crippen molar-refractivity contribution in [2.24, 2.45) is 0 Å². The molecule has 1 fully saturated rings. The number of aliphatic hydroxyl groups is 1. The van der Waals surface area contributed by atoms with Gasteiger partial charge in [0, 0.05) is 29.9 Å². The van der Waals surface area contributed by atoms with E-state index in [1.54, 1.807) is 36.1 Å². The maximum absolute atomic E-state index is 13.2. The highest BCUT2D eigenvalue weighted by atomic mass is 35.5. The van der Waals surface area contributed by atoms with Crippen LogP contribution in [0.15, 0.2) is 71.3 Å². The molecule has 2 aliphatic rings. The molecular weight excluding hydrogens is 649 g/mol. The van der Waals surface area contributed by atoms with Crippen LogP contribution in [0.1, 0.15) is 29.5 Å². The van der Waals surface area contributed by atoms with Crippen molar-refractivity contribution in [3.05, 3.63) is 88.1 Å². The van der Waals surface area contributed by atoms with Crippen molar-refractivity contribution in [1.82, 2.24) is 10.2 Å². The number of carbonyl (C=O) groups is 2. The Balaban J connectivity index is 1.29. The highest BCUT2D eigenvalue weighted by molar-refractivity contribution is 7.90. The largest absolute Gasteiger partial charge is 0.573 e. The normalized spacial score (nSPS) is 19.0. The van der Waals surface area contributed by atoms with Crippen LogP contribution >= 0.6 is 11.6 Å². The molecule has 3 aromatic rings. The van der Waals surface area contributed by atoms with Crippen molar-refractivity contribution in [2.75, 3.05) is 25.9 Å². The maximum Gasteiger partial charge on any atom is 0.573 e. The maximum atomic E-state index is 13.2. The number of hydrogen-bond donors (Lipinski definition) is 2. The summed E-state index contributed by atoms with van der Waals surface area (Å²) in [5.74, 6) is -1.71. The standard InChI is InChI=1S/C32H30ClF3N2O7S/c1-19-13-25(21-5-3-6-23(14-21)46(2,42)43)26(33)15-24(19)28-29(40)31(45-30(28)41)11-4-12-38(18-31)17-27(39)37-16-20-7-9-22(10-8-20)44-32(34,35)36/h3,5-10,13-15,40H,4,11-12,16-18H2,1-2H3,(H,37,39). The molecule has 244 valence electrons. The lowest BCUT2D eigenvalue weighted by Gasteiger charge is -2.38. The number of benzene rings is 3. The van der Waals surface area contributed by atoms with E-state index in [0.717, 1.165) is 18.4 Å². The Morgan fingerprint density at radius 1 is 1.13 bits per heavy atom. The van der Waals surface area contributed by atoms with Crippen molar-refractivity contribution in [2.45, 2.75) is 43.2 Å². The van der Waals surface area contributed by atoms with E-state index in [9.17, 15) is 36.3 Å². The molecule has 1 unspecified atom stereocenters. The van der Waals surface area contributed by atoms with Crippen molar-refractivity contribution in [3.63, 3.8) is 0 Å². The predicted molar refractivity (Wildman–Crippen MR) is 164 cm³/mol. The molecular formula is C32H30ClF3N2O7S. The van der Waals surface area contributed by atoms with Crippen LogP contribution in [-0.2, 0) is 30.7 Å². The van der Waals surface area contributed by atoms with Crippen molar-refractivity contribution >= 4 is 38.9 Å². The Morgan fingerprint density at radius 3 is 2.52 bits per heavy atom. The molecule has 46 heavy (non-hydrogen) atoms. The molecule has 5 rings (SSSR count). The van der Waals surface area contributed by atoms with E-state index in [2.05, 4.69) is 10.1 Å². The first kappa shape index (κ1) is 33.3. The van der Waals surface area contributed by atoms with Crippen LogP contribution in [0.3, 0.4) is 0 Å². The number of amides is 1. The van der Waals surface area contributed by atoms with Gasteiger partial charge in [-0.3, -0.25) is 9.69 Å². The lowest BCUT2D eigenvalue weighted by Crippen LogP contribution is -2.52. The molecule has 1 spiro atoms. The van der Waals surface area contributed by atoms with E-state index in [1.165, 1.54) is 24.3 Å². The Labute approximate surface area is 268 Å². The van der Waals surface area contributed by atoms with Crippen LogP contribution in [0.5, 0.6) is 5.75 Å². The zero-order valence-electron chi connectivity index (χ0n) is 24.8. The number of ether oxygens (including phenoxy) is 2. The van der Waals surface area contributed by atoms with Gasteiger partial charge in [-0.15, -0.1) is 13.2 Å². The second-order valence-corrected chi connectivity index (χ2v) is 13.8. The number of carbonyl (C=O) groups excluding carboxylic acids is 2. The molecule has 1 atom stereocenters. The number of esters is 1. The van der Waals surface area contributed by atoms with Crippen molar-refractivity contribution < 1.29 is 45.8 Å². The molecule has 9 nitrogen and oxygen atoms in total. The minimum Gasteiger partial charge on any atom is -0.507 e. The smallest absolute Gasteiger partial charge is 0.507 e. The number of aliphatic hydroxyl groups excluding tert-OH is 1. The third kappa shape index (κ3) is 7.32. The number of nitrogens with zero attached hydrogens (tertiary/aromatic N) is 1. The number of alkyl halides is 3. The monoisotopic (exact) mass is 678 g/mol. The van der Waals surface area contributed by atoms with E-state index in [1.807, 2.05) is 0 Å². The zero-order valence-corrected chi connectivity index (χ0v) is 26.4. The second kappa shape index (κ2) is 12.6. The van der Waals surface area contributed by atoms with Crippen LogP contribution in [0, 0.1) is 6.92 Å². The van der Waals surface area contributed by atoms with Gasteiger partial charge >= 0.3 is 12.3 Å². The molecule has 14 heteroatoms. The van der Waals surface area contributed by atoms with Crippen LogP contribution in [-0.4, -0.2) is 68.2 Å². The lowest BCUT2D eigenvalue weighted by atomic mass is 9.87. The molecule has 0 aliphatic carbocycles. The summed E-state index contributed by atoms with van der Waals surface area (Å²) >= 11 is 6.63. The van der Waals surface area contributed by atoms with Gasteiger partial charge < -0.3 is 19.9 Å². The van der Waals surface area contributed by atoms with Gasteiger partial charge in [0.2, 0.25) is 5.91 Å². The average molecular weight is 679 g/mol. The Bertz CT molecular complexity index is 1830. The number of likely N-dealkylation sites (tertiary alicyclic amines) is 1. The quantitative estimate of drug-likeness (QED) is 0.296. The van der Waals surface area contributed by atoms with Crippen LogP contribution < -0.4 is 10.1 Å². The number of rotatable bonds is 8. The highest BCUT2D eigenvalue weighted by Crippen LogP contribution is 2.44. The summed E-state index contributed by atoms with van der Waals surface area (Å²) in [6.45, 7) is 2.31. The number of sulfone groups is 1. The SMILES string of the molecule is Cc1cc(-c2cccc(S(C)(=O)=O)c2)c(Cl)cc1C1=C(O)C2(CCCN(CC(=O)NCc3ccc(OC(F)(F)F)cc3)C2)OC1=O. The molecule has 0 bridgehead atoms. The van der Waals surface area contributed by atoms with Gasteiger partial charge in [0.25, 0.3) is 0 Å². The van der Waals surface area contributed by atoms with Gasteiger partial charge in [-0.2, -0.15) is 0 Å². The van der Waals surface area contributed by atoms with Crippen LogP contribution in [0.25, 0.3) is 16.7 Å². The predicted octanol–water partition coefficient (Wildman–Crippen LogP) is 5.59. The summed E-state index contributed by atoms with van der Waals surface area (Å²) in [5.41, 5.74) is 1.27. The first-order valence-corrected chi connectivity index (χ1v) is 16.4. The summed E-state index contributed by atoms with van der Waals surface area (Å²) in [6.07, 6.45) is -2.83. The van der Waals surface area contributed by atoms with Gasteiger partial charge in [0.05, 0.1) is 11.4 Å². The summed E-state index contributed by atoms with van der Waals surface area (Å²) < 4.78 is 70.9. The molecule has 3 aromatic carbocycles. The fourth-order valence-electron chi connectivity index (χ4n) is 5.69. The summed E-state index contributed by atoms with van der Waals surface area (Å²) in [7, 11) is -3.45. The Kier molecular flexibility index (Phi) is 9.13. The minimum absolute atomic E-state index is 0.0277. The number of nitrogens with one attached hydrogen (secondary N) is 1. The topological polar surface area (TPSA) is 122 Å². The molecule has 0 aromatic heterocycles. The zero-order chi connectivity index (χ0) is 33.4. The third-order valence-corrected chi connectivity index (χ3v) is 9.29. The van der Waals surface area contributed by atoms with Gasteiger partial charge in [-0.25, -0.2) is 13.2 Å². The van der Waals surface area contributed by atoms with Crippen molar-refractivity contribution in [1.29, 1.82) is 0 Å². The number of piperidine rings is 1. The first-order chi connectivity index (χ1) is 21.5. The highest BCUT2D eigenvalue weighted by Gasteiger charge is 2.51. The lowest BCUT2D eigenvalue weighted by molar-refractivity contribution is -0.274. The van der Waals surface area contributed by atoms with E-state index >= 15 is 0 Å². The van der Waals surface area contributed by atoms with E-state index in [4.69, 9.17) is 16.3 Å². The minimum atomic E-state index is -4.80. The summed E-state index contributed by atoms with van der Waals surface area (Å²) in [6, 6.07) is 14.7. The van der Waals surface area contributed by atoms with E-state index in [-0.39, 0.29) is 52.5 Å². The van der Waals surface area contributed by atoms with Gasteiger partial charge in [-0.1, -0.05) is 35.9 Å². The van der Waals surface area contributed by atoms with Gasteiger partial charge in [0.1, 0.15) is 11.3 Å². The fraction of sp³-hybridized carbons (Fsp3) is 0.312.